The van der Waals surface area contributed by atoms with Gasteiger partial charge in [-0.25, -0.2) is 8.42 Å². The van der Waals surface area contributed by atoms with Crippen molar-refractivity contribution in [1.82, 2.24) is 4.31 Å². The minimum atomic E-state index is -3.34. The molecule has 2 unspecified atom stereocenters. The molecule has 1 saturated heterocycles. The highest BCUT2D eigenvalue weighted by atomic mass is 35.5. The Morgan fingerprint density at radius 2 is 1.70 bits per heavy atom. The first kappa shape index (κ1) is 15.5. The van der Waals surface area contributed by atoms with E-state index in [2.05, 4.69) is 13.8 Å². The highest BCUT2D eigenvalue weighted by molar-refractivity contribution is 7.92. The quantitative estimate of drug-likeness (QED) is 0.854. The molecule has 0 bridgehead atoms. The molecule has 0 N–H and O–H groups in total. The number of nitrogens with zero attached hydrogens (tertiary/aromatic N) is 1. The Morgan fingerprint density at radius 1 is 1.15 bits per heavy atom. The summed E-state index contributed by atoms with van der Waals surface area (Å²) in [6.45, 7) is 5.41. The zero-order valence-corrected chi connectivity index (χ0v) is 13.4. The summed E-state index contributed by atoms with van der Waals surface area (Å²) in [5.41, 5.74) is 0.830. The topological polar surface area (TPSA) is 37.4 Å². The van der Waals surface area contributed by atoms with E-state index < -0.39 is 10.0 Å². The fourth-order valence-corrected chi connectivity index (χ4v) is 4.19. The molecule has 1 aromatic carbocycles. The van der Waals surface area contributed by atoms with Crippen LogP contribution >= 0.6 is 11.6 Å². The second kappa shape index (κ2) is 6.29. The van der Waals surface area contributed by atoms with Crippen LogP contribution in [0.15, 0.2) is 29.7 Å². The first-order valence-electron chi connectivity index (χ1n) is 6.80. The van der Waals surface area contributed by atoms with E-state index >= 15 is 0 Å². The maximum absolute atomic E-state index is 12.3. The molecule has 0 spiro atoms. The summed E-state index contributed by atoms with van der Waals surface area (Å²) in [6, 6.07) is 7.10. The molecule has 1 aliphatic heterocycles. The van der Waals surface area contributed by atoms with Gasteiger partial charge in [-0.1, -0.05) is 37.6 Å². The average molecular weight is 314 g/mol. The fraction of sp³-hybridized carbons (Fsp3) is 0.467. The first-order valence-corrected chi connectivity index (χ1v) is 8.69. The number of benzene rings is 1. The summed E-state index contributed by atoms with van der Waals surface area (Å²) in [7, 11) is -3.34. The Labute approximate surface area is 126 Å². The monoisotopic (exact) mass is 313 g/mol. The molecular formula is C15H20ClNO2S. The lowest BCUT2D eigenvalue weighted by Gasteiger charge is -2.33. The highest BCUT2D eigenvalue weighted by Crippen LogP contribution is 2.24. The van der Waals surface area contributed by atoms with Gasteiger partial charge in [0, 0.05) is 23.5 Å². The van der Waals surface area contributed by atoms with Crippen LogP contribution < -0.4 is 0 Å². The van der Waals surface area contributed by atoms with E-state index in [1.54, 1.807) is 34.6 Å². The Kier molecular flexibility index (Phi) is 4.89. The van der Waals surface area contributed by atoms with Crippen molar-refractivity contribution in [2.75, 3.05) is 13.1 Å². The summed E-state index contributed by atoms with van der Waals surface area (Å²) in [5, 5.41) is 1.93. The van der Waals surface area contributed by atoms with E-state index in [0.717, 1.165) is 12.0 Å². The maximum atomic E-state index is 12.3. The van der Waals surface area contributed by atoms with Gasteiger partial charge in [0.05, 0.1) is 0 Å². The molecule has 0 radical (unpaired) electrons. The van der Waals surface area contributed by atoms with Gasteiger partial charge in [0.25, 0.3) is 0 Å². The van der Waals surface area contributed by atoms with Crippen molar-refractivity contribution in [3.63, 3.8) is 0 Å². The van der Waals surface area contributed by atoms with Gasteiger partial charge < -0.3 is 0 Å². The molecule has 0 saturated carbocycles. The standard InChI is InChI=1S/C15H20ClNO2S/c1-12-9-13(2)11-17(10-12)20(18,19)8-7-14-3-5-15(16)6-4-14/h3-8,12-13H,9-11H2,1-2H3/b8-7+. The number of piperidine rings is 1. The summed E-state index contributed by atoms with van der Waals surface area (Å²) >= 11 is 5.80. The maximum Gasteiger partial charge on any atom is 0.236 e. The fourth-order valence-electron chi connectivity index (χ4n) is 2.64. The Morgan fingerprint density at radius 3 is 2.25 bits per heavy atom. The van der Waals surface area contributed by atoms with E-state index in [9.17, 15) is 8.42 Å². The summed E-state index contributed by atoms with van der Waals surface area (Å²) in [4.78, 5) is 0. The molecule has 0 amide bonds. The lowest BCUT2D eigenvalue weighted by Crippen LogP contribution is -2.41. The predicted molar refractivity (Wildman–Crippen MR) is 83.9 cm³/mol. The van der Waals surface area contributed by atoms with E-state index in [4.69, 9.17) is 11.6 Å². The summed E-state index contributed by atoms with van der Waals surface area (Å²) in [5.74, 6) is 0.829. The van der Waals surface area contributed by atoms with Crippen LogP contribution in [0.1, 0.15) is 25.8 Å². The molecule has 20 heavy (non-hydrogen) atoms. The second-order valence-corrected chi connectivity index (χ2v) is 7.92. The molecule has 1 aliphatic rings. The Balaban J connectivity index is 2.12. The van der Waals surface area contributed by atoms with Crippen LogP contribution in [0.25, 0.3) is 6.08 Å². The number of sulfonamides is 1. The van der Waals surface area contributed by atoms with Crippen LogP contribution in [0.3, 0.4) is 0 Å². The van der Waals surface area contributed by atoms with Crippen LogP contribution in [0.2, 0.25) is 5.02 Å². The Hall–Kier alpha value is -0.840. The number of halogens is 1. The summed E-state index contributed by atoms with van der Waals surface area (Å²) in [6.07, 6.45) is 2.71. The predicted octanol–water partition coefficient (Wildman–Crippen LogP) is 3.62. The Bertz CT molecular complexity index is 570. The van der Waals surface area contributed by atoms with Gasteiger partial charge in [-0.15, -0.1) is 0 Å². The van der Waals surface area contributed by atoms with Gasteiger partial charge in [0.15, 0.2) is 0 Å². The van der Waals surface area contributed by atoms with E-state index in [1.807, 2.05) is 0 Å². The van der Waals surface area contributed by atoms with Gasteiger partial charge in [-0.2, -0.15) is 4.31 Å². The minimum Gasteiger partial charge on any atom is -0.208 e. The second-order valence-electron chi connectivity index (χ2n) is 5.66. The molecule has 1 aromatic rings. The molecule has 1 heterocycles. The molecule has 0 aromatic heterocycles. The molecule has 2 atom stereocenters. The van der Waals surface area contributed by atoms with Gasteiger partial charge >= 0.3 is 0 Å². The van der Waals surface area contributed by atoms with Crippen LogP contribution in [0, 0.1) is 11.8 Å². The van der Waals surface area contributed by atoms with Gasteiger partial charge in [0.1, 0.15) is 0 Å². The van der Waals surface area contributed by atoms with E-state index in [-0.39, 0.29) is 0 Å². The number of hydrogen-bond acceptors (Lipinski definition) is 2. The van der Waals surface area contributed by atoms with Crippen molar-refractivity contribution in [2.45, 2.75) is 20.3 Å². The third kappa shape index (κ3) is 4.08. The third-order valence-electron chi connectivity index (χ3n) is 3.50. The van der Waals surface area contributed by atoms with Crippen molar-refractivity contribution in [3.05, 3.63) is 40.3 Å². The van der Waals surface area contributed by atoms with Crippen molar-refractivity contribution in [3.8, 4) is 0 Å². The normalized spacial score (nSPS) is 25.1. The average Bonchev–Trinajstić information content (AvgIpc) is 2.37. The molecule has 0 aliphatic carbocycles. The van der Waals surface area contributed by atoms with Crippen molar-refractivity contribution < 1.29 is 8.42 Å². The lowest BCUT2D eigenvalue weighted by molar-refractivity contribution is 0.224. The van der Waals surface area contributed by atoms with Crippen molar-refractivity contribution >= 4 is 27.7 Å². The number of rotatable bonds is 3. The first-order chi connectivity index (χ1) is 9.37. The highest BCUT2D eigenvalue weighted by Gasteiger charge is 2.28. The largest absolute Gasteiger partial charge is 0.236 e. The van der Waals surface area contributed by atoms with E-state index in [0.29, 0.717) is 29.9 Å². The molecular weight excluding hydrogens is 294 g/mol. The van der Waals surface area contributed by atoms with Crippen molar-refractivity contribution in [2.24, 2.45) is 11.8 Å². The molecule has 1 fully saturated rings. The van der Waals surface area contributed by atoms with Crippen LogP contribution in [-0.4, -0.2) is 25.8 Å². The molecule has 2 rings (SSSR count). The SMILES string of the molecule is CC1CC(C)CN(S(=O)(=O)/C=C/c2ccc(Cl)cc2)C1. The van der Waals surface area contributed by atoms with E-state index in [1.165, 1.54) is 5.41 Å². The summed E-state index contributed by atoms with van der Waals surface area (Å²) < 4.78 is 26.2. The van der Waals surface area contributed by atoms with Gasteiger partial charge in [-0.3, -0.25) is 0 Å². The van der Waals surface area contributed by atoms with Crippen molar-refractivity contribution in [1.29, 1.82) is 0 Å². The smallest absolute Gasteiger partial charge is 0.208 e. The minimum absolute atomic E-state index is 0.414. The van der Waals surface area contributed by atoms with Crippen LogP contribution in [0.4, 0.5) is 0 Å². The third-order valence-corrected chi connectivity index (χ3v) is 5.25. The zero-order chi connectivity index (χ0) is 14.8. The zero-order valence-electron chi connectivity index (χ0n) is 11.8. The van der Waals surface area contributed by atoms with Gasteiger partial charge in [0.2, 0.25) is 10.0 Å². The van der Waals surface area contributed by atoms with Crippen LogP contribution in [0.5, 0.6) is 0 Å². The molecule has 3 nitrogen and oxygen atoms in total. The van der Waals surface area contributed by atoms with Crippen LogP contribution in [-0.2, 0) is 10.0 Å². The van der Waals surface area contributed by atoms with Gasteiger partial charge in [-0.05, 0) is 42.0 Å². The molecule has 110 valence electrons. The molecule has 5 heteroatoms. The number of hydrogen-bond donors (Lipinski definition) is 0. The lowest BCUT2D eigenvalue weighted by atomic mass is 9.94.